The van der Waals surface area contributed by atoms with Crippen LogP contribution in [0.3, 0.4) is 0 Å². The number of aliphatic hydroxyl groups is 1. The van der Waals surface area contributed by atoms with Gasteiger partial charge in [0.25, 0.3) is 11.8 Å². The van der Waals surface area contributed by atoms with Crippen molar-refractivity contribution in [1.29, 1.82) is 0 Å². The minimum atomic E-state index is -0.588. The van der Waals surface area contributed by atoms with Crippen molar-refractivity contribution in [3.05, 3.63) is 83.8 Å². The van der Waals surface area contributed by atoms with Crippen LogP contribution in [0.1, 0.15) is 34.6 Å². The van der Waals surface area contributed by atoms with E-state index in [0.29, 0.717) is 6.54 Å². The second-order valence-electron chi connectivity index (χ2n) is 9.23. The van der Waals surface area contributed by atoms with Gasteiger partial charge in [-0.3, -0.25) is 9.59 Å². The molecule has 2 amide bonds. The molecule has 188 valence electrons. The molecule has 0 aliphatic carbocycles. The highest BCUT2D eigenvalue weighted by atomic mass is 19.1. The van der Waals surface area contributed by atoms with Gasteiger partial charge in [0.15, 0.2) is 0 Å². The van der Waals surface area contributed by atoms with Gasteiger partial charge in [-0.05, 0) is 30.7 Å². The van der Waals surface area contributed by atoms with E-state index in [2.05, 4.69) is 4.98 Å². The van der Waals surface area contributed by atoms with Crippen LogP contribution in [0.15, 0.2) is 66.9 Å². The van der Waals surface area contributed by atoms with Crippen molar-refractivity contribution in [3.8, 4) is 17.0 Å². The number of aliphatic hydroxyl groups excluding tert-OH is 1. The molecule has 1 aliphatic rings. The highest BCUT2D eigenvalue weighted by molar-refractivity contribution is 5.98. The Labute approximate surface area is 210 Å². The topological polar surface area (TPSA) is 83.0 Å². The number of rotatable bonds is 6. The highest BCUT2D eigenvalue weighted by Crippen LogP contribution is 2.30. The zero-order valence-corrected chi connectivity index (χ0v) is 20.6. The first-order valence-corrected chi connectivity index (χ1v) is 11.9. The number of amides is 2. The van der Waals surface area contributed by atoms with Gasteiger partial charge in [-0.25, -0.2) is 9.37 Å². The van der Waals surface area contributed by atoms with E-state index in [1.165, 1.54) is 23.1 Å². The first-order chi connectivity index (χ1) is 17.3. The third-order valence-corrected chi connectivity index (χ3v) is 6.53. The molecule has 3 atom stereocenters. The predicted molar refractivity (Wildman–Crippen MR) is 134 cm³/mol. The number of aromatic nitrogens is 1. The van der Waals surface area contributed by atoms with Crippen molar-refractivity contribution in [1.82, 2.24) is 14.8 Å². The van der Waals surface area contributed by atoms with Crippen LogP contribution < -0.4 is 4.74 Å². The molecule has 0 saturated carbocycles. The summed E-state index contributed by atoms with van der Waals surface area (Å²) in [5, 5.41) is 9.84. The van der Waals surface area contributed by atoms with E-state index in [1.807, 2.05) is 37.3 Å². The maximum Gasteiger partial charge on any atom is 0.259 e. The number of ether oxygens (including phenoxy) is 1. The zero-order valence-electron chi connectivity index (χ0n) is 20.6. The number of fused-ring (bicyclic) bond motifs is 1. The van der Waals surface area contributed by atoms with Crippen LogP contribution in [0.5, 0.6) is 5.88 Å². The Morgan fingerprint density at radius 3 is 2.58 bits per heavy atom. The summed E-state index contributed by atoms with van der Waals surface area (Å²) in [6.07, 6.45) is 1.12. The van der Waals surface area contributed by atoms with Crippen LogP contribution in [-0.2, 0) is 0 Å². The van der Waals surface area contributed by atoms with Crippen molar-refractivity contribution < 1.29 is 23.8 Å². The summed E-state index contributed by atoms with van der Waals surface area (Å²) in [5.74, 6) is -1.37. The van der Waals surface area contributed by atoms with Crippen LogP contribution in [-0.4, -0.2) is 70.6 Å². The second-order valence-corrected chi connectivity index (χ2v) is 9.23. The van der Waals surface area contributed by atoms with Gasteiger partial charge >= 0.3 is 0 Å². The third-order valence-electron chi connectivity index (χ3n) is 6.53. The summed E-state index contributed by atoms with van der Waals surface area (Å²) in [6, 6.07) is 16.8. The lowest BCUT2D eigenvalue weighted by molar-refractivity contribution is 0.0312. The van der Waals surface area contributed by atoms with Gasteiger partial charge in [-0.2, -0.15) is 0 Å². The number of hydrogen-bond acceptors (Lipinski definition) is 5. The van der Waals surface area contributed by atoms with E-state index in [1.54, 1.807) is 37.2 Å². The zero-order chi connectivity index (χ0) is 25.8. The summed E-state index contributed by atoms with van der Waals surface area (Å²) in [7, 11) is 1.59. The third kappa shape index (κ3) is 5.23. The molecular formula is C28H30FN3O4. The van der Waals surface area contributed by atoms with Crippen molar-refractivity contribution in [2.45, 2.75) is 26.0 Å². The fourth-order valence-electron chi connectivity index (χ4n) is 4.30. The summed E-state index contributed by atoms with van der Waals surface area (Å²) in [4.78, 5) is 34.0. The summed E-state index contributed by atoms with van der Waals surface area (Å²) in [5.41, 5.74) is 1.94. The number of hydrogen-bond donors (Lipinski definition) is 1. The van der Waals surface area contributed by atoms with Crippen LogP contribution in [0.2, 0.25) is 0 Å². The monoisotopic (exact) mass is 491 g/mol. The fourth-order valence-corrected chi connectivity index (χ4v) is 4.30. The number of likely N-dealkylation sites (N-methyl/N-ethyl adjacent to an activating group) is 1. The van der Waals surface area contributed by atoms with Crippen LogP contribution in [0.25, 0.3) is 11.1 Å². The summed E-state index contributed by atoms with van der Waals surface area (Å²) < 4.78 is 20.5. The number of carbonyl (C=O) groups is 2. The normalized spacial score (nSPS) is 18.5. The van der Waals surface area contributed by atoms with Crippen LogP contribution in [0.4, 0.5) is 4.39 Å². The Morgan fingerprint density at radius 1 is 1.19 bits per heavy atom. The molecule has 0 saturated heterocycles. The fraction of sp³-hybridized carbons (Fsp3) is 0.321. The maximum absolute atomic E-state index is 14.2. The molecule has 1 aliphatic heterocycles. The van der Waals surface area contributed by atoms with E-state index >= 15 is 0 Å². The molecule has 2 heterocycles. The van der Waals surface area contributed by atoms with Gasteiger partial charge in [0.2, 0.25) is 5.88 Å². The minimum Gasteiger partial charge on any atom is -0.472 e. The van der Waals surface area contributed by atoms with E-state index in [9.17, 15) is 19.1 Å². The number of benzene rings is 2. The first-order valence-electron chi connectivity index (χ1n) is 11.9. The molecule has 0 bridgehead atoms. The molecule has 1 N–H and O–H groups in total. The van der Waals surface area contributed by atoms with Gasteiger partial charge in [0.05, 0.1) is 24.8 Å². The molecule has 0 radical (unpaired) electrons. The van der Waals surface area contributed by atoms with Gasteiger partial charge in [0.1, 0.15) is 17.5 Å². The molecule has 8 heteroatoms. The first kappa shape index (κ1) is 25.3. The predicted octanol–water partition coefficient (Wildman–Crippen LogP) is 3.88. The van der Waals surface area contributed by atoms with Gasteiger partial charge in [-0.1, -0.05) is 49.4 Å². The Kier molecular flexibility index (Phi) is 7.64. The van der Waals surface area contributed by atoms with Crippen molar-refractivity contribution >= 4 is 11.8 Å². The second kappa shape index (κ2) is 10.9. The van der Waals surface area contributed by atoms with Crippen molar-refractivity contribution in [2.24, 2.45) is 5.92 Å². The summed E-state index contributed by atoms with van der Waals surface area (Å²) in [6.45, 7) is 3.97. The Hall–Kier alpha value is -3.78. The number of nitrogens with zero attached hydrogens (tertiary/aromatic N) is 3. The van der Waals surface area contributed by atoms with E-state index in [-0.39, 0.29) is 42.0 Å². The summed E-state index contributed by atoms with van der Waals surface area (Å²) >= 11 is 0. The SMILES string of the molecule is C[C@@H]1CN([C@@H](C)CO)C(=O)c2cc(-c3ccccc3)cnc2O[C@@H]1CN(C)C(=O)c1ccccc1F. The molecule has 0 unspecified atom stereocenters. The molecule has 1 aromatic heterocycles. The lowest BCUT2D eigenvalue weighted by atomic mass is 9.99. The molecular weight excluding hydrogens is 461 g/mol. The molecule has 7 nitrogen and oxygen atoms in total. The van der Waals surface area contributed by atoms with E-state index in [0.717, 1.165) is 11.1 Å². The van der Waals surface area contributed by atoms with E-state index < -0.39 is 23.9 Å². The lowest BCUT2D eigenvalue weighted by Crippen LogP contribution is -2.50. The number of halogens is 1. The number of carbonyl (C=O) groups excluding carboxylic acids is 2. The molecule has 2 aromatic carbocycles. The minimum absolute atomic E-state index is 0.0183. The van der Waals surface area contributed by atoms with Crippen molar-refractivity contribution in [2.75, 3.05) is 26.7 Å². The smallest absolute Gasteiger partial charge is 0.259 e. The van der Waals surface area contributed by atoms with Gasteiger partial charge in [-0.15, -0.1) is 0 Å². The maximum atomic E-state index is 14.2. The van der Waals surface area contributed by atoms with Crippen molar-refractivity contribution in [3.63, 3.8) is 0 Å². The standard InChI is InChI=1S/C28H30FN3O4/c1-18-15-32(19(2)17-33)28(35)23-13-21(20-9-5-4-6-10-20)14-30-26(23)36-25(18)16-31(3)27(34)22-11-7-8-12-24(22)29/h4-14,18-19,25,33H,15-17H2,1-3H3/t18-,19+,25-/m1/s1. The molecule has 4 rings (SSSR count). The average molecular weight is 492 g/mol. The lowest BCUT2D eigenvalue weighted by Gasteiger charge is -2.37. The highest BCUT2D eigenvalue weighted by Gasteiger charge is 2.35. The van der Waals surface area contributed by atoms with Crippen LogP contribution in [0, 0.1) is 11.7 Å². The Bertz CT molecular complexity index is 1240. The average Bonchev–Trinajstić information content (AvgIpc) is 2.90. The molecule has 0 fully saturated rings. The van der Waals surface area contributed by atoms with E-state index in [4.69, 9.17) is 4.74 Å². The largest absolute Gasteiger partial charge is 0.472 e. The molecule has 36 heavy (non-hydrogen) atoms. The molecule has 0 spiro atoms. The number of pyridine rings is 1. The van der Waals surface area contributed by atoms with Gasteiger partial charge < -0.3 is 19.6 Å². The van der Waals surface area contributed by atoms with Crippen LogP contribution >= 0.6 is 0 Å². The Morgan fingerprint density at radius 2 is 1.89 bits per heavy atom. The Balaban J connectivity index is 1.68. The quantitative estimate of drug-likeness (QED) is 0.566. The molecule has 3 aromatic rings. The van der Waals surface area contributed by atoms with Gasteiger partial charge in [0, 0.05) is 31.3 Å².